The Labute approximate surface area is 180 Å². The van der Waals surface area contributed by atoms with E-state index >= 15 is 0 Å². The summed E-state index contributed by atoms with van der Waals surface area (Å²) in [5.41, 5.74) is 1.68. The van der Waals surface area contributed by atoms with E-state index < -0.39 is 0 Å². The minimum atomic E-state index is -0.386. The van der Waals surface area contributed by atoms with Crippen LogP contribution in [0.25, 0.3) is 0 Å². The number of rotatable bonds is 9. The number of hydrogen-bond donors (Lipinski definition) is 1. The number of carbonyl (C=O) groups is 2. The van der Waals surface area contributed by atoms with Crippen molar-refractivity contribution < 1.29 is 19.4 Å². The third-order valence-electron chi connectivity index (χ3n) is 4.92. The van der Waals surface area contributed by atoms with Gasteiger partial charge in [-0.2, -0.15) is 5.10 Å². The number of ether oxygens (including phenoxy) is 1. The Morgan fingerprint density at radius 2 is 2.13 bits per heavy atom. The van der Waals surface area contributed by atoms with Gasteiger partial charge in [-0.15, -0.1) is 0 Å². The second kappa shape index (κ2) is 11.0. The Bertz CT molecular complexity index is 855. The van der Waals surface area contributed by atoms with Crippen molar-refractivity contribution >= 4 is 23.0 Å². The van der Waals surface area contributed by atoms with Crippen LogP contribution in [0.4, 0.5) is 4.79 Å². The molecular formula is C22H27N3O4S. The molecule has 1 fully saturated rings. The Balaban J connectivity index is 1.66. The predicted octanol–water partition coefficient (Wildman–Crippen LogP) is 3.15. The van der Waals surface area contributed by atoms with Gasteiger partial charge in [-0.25, -0.2) is 4.79 Å². The van der Waals surface area contributed by atoms with E-state index in [1.807, 2.05) is 24.4 Å². The van der Waals surface area contributed by atoms with Crippen molar-refractivity contribution in [1.82, 2.24) is 14.7 Å². The third-order valence-corrected chi connectivity index (χ3v) is 6.05. The predicted molar refractivity (Wildman–Crippen MR) is 116 cm³/mol. The number of hydrogen-bond acceptors (Lipinski definition) is 6. The summed E-state index contributed by atoms with van der Waals surface area (Å²) in [6.45, 7) is 4.97. The van der Waals surface area contributed by atoms with Crippen LogP contribution in [0.1, 0.15) is 28.8 Å². The minimum absolute atomic E-state index is 0.00317. The van der Waals surface area contributed by atoms with E-state index in [4.69, 9.17) is 9.84 Å². The Kier molecular flexibility index (Phi) is 8.10. The van der Waals surface area contributed by atoms with E-state index in [0.29, 0.717) is 37.9 Å². The highest BCUT2D eigenvalue weighted by Gasteiger charge is 2.37. The summed E-state index contributed by atoms with van der Waals surface area (Å²) in [5.74, 6) is 0. The first kappa shape index (κ1) is 22.1. The first-order valence-electron chi connectivity index (χ1n) is 10.0. The summed E-state index contributed by atoms with van der Waals surface area (Å²) in [6, 6.07) is 9.11. The summed E-state index contributed by atoms with van der Waals surface area (Å²) in [4.78, 5) is 26.9. The molecule has 7 nitrogen and oxygen atoms in total. The van der Waals surface area contributed by atoms with E-state index in [9.17, 15) is 9.59 Å². The quantitative estimate of drug-likeness (QED) is 0.617. The molecule has 160 valence electrons. The van der Waals surface area contributed by atoms with Gasteiger partial charge in [0.1, 0.15) is 6.61 Å². The monoisotopic (exact) mass is 429 g/mol. The fourth-order valence-corrected chi connectivity index (χ4v) is 4.65. The summed E-state index contributed by atoms with van der Waals surface area (Å²) in [7, 11) is 0. The first-order chi connectivity index (χ1) is 14.6. The smallest absolute Gasteiger partial charge is 0.410 e. The van der Waals surface area contributed by atoms with Gasteiger partial charge in [-0.3, -0.25) is 9.48 Å². The number of aryl methyl sites for hydroxylation is 1. The van der Waals surface area contributed by atoms with Crippen molar-refractivity contribution in [1.29, 1.82) is 0 Å². The molecule has 1 aliphatic heterocycles. The highest BCUT2D eigenvalue weighted by molar-refractivity contribution is 8.14. The van der Waals surface area contributed by atoms with Crippen molar-refractivity contribution in [2.75, 3.05) is 19.8 Å². The van der Waals surface area contributed by atoms with Gasteiger partial charge < -0.3 is 14.7 Å². The van der Waals surface area contributed by atoms with Crippen LogP contribution in [0.15, 0.2) is 55.4 Å². The Morgan fingerprint density at radius 1 is 1.33 bits per heavy atom. The van der Waals surface area contributed by atoms with E-state index in [1.54, 1.807) is 34.0 Å². The normalized spacial score (nSPS) is 18.4. The average molecular weight is 430 g/mol. The van der Waals surface area contributed by atoms with Crippen molar-refractivity contribution in [2.45, 2.75) is 37.1 Å². The number of likely N-dealkylation sites (tertiary alicyclic amines) is 1. The molecule has 0 saturated carbocycles. The zero-order valence-electron chi connectivity index (χ0n) is 16.9. The molecule has 0 spiro atoms. The molecule has 2 aromatic rings. The molecule has 3 rings (SSSR count). The minimum Gasteiger partial charge on any atom is -0.445 e. The van der Waals surface area contributed by atoms with Crippen LogP contribution < -0.4 is 0 Å². The second-order valence-electron chi connectivity index (χ2n) is 7.19. The number of aliphatic hydroxyl groups excluding tert-OH is 1. The molecular weight excluding hydrogens is 402 g/mol. The summed E-state index contributed by atoms with van der Waals surface area (Å²) in [6.07, 6.45) is 6.87. The van der Waals surface area contributed by atoms with Crippen LogP contribution in [-0.4, -0.2) is 62.0 Å². The van der Waals surface area contributed by atoms with Gasteiger partial charge in [-0.1, -0.05) is 54.7 Å². The number of benzene rings is 1. The molecule has 1 aromatic heterocycles. The van der Waals surface area contributed by atoms with Gasteiger partial charge in [0.25, 0.3) is 0 Å². The SMILES string of the molecule is C=CCOC(=O)N1C[C@@H](SC(=O)c2ccccc2)C[C@H]1Cc1cnn(CCCO)c1. The van der Waals surface area contributed by atoms with Crippen LogP contribution in [0, 0.1) is 0 Å². The Morgan fingerprint density at radius 3 is 2.87 bits per heavy atom. The topological polar surface area (TPSA) is 84.7 Å². The lowest BCUT2D eigenvalue weighted by molar-refractivity contribution is 0.107. The van der Waals surface area contributed by atoms with Gasteiger partial charge in [0.15, 0.2) is 0 Å². The van der Waals surface area contributed by atoms with Crippen molar-refractivity contribution in [3.8, 4) is 0 Å². The summed E-state index contributed by atoms with van der Waals surface area (Å²) in [5, 5.41) is 13.3. The largest absolute Gasteiger partial charge is 0.445 e. The van der Waals surface area contributed by atoms with Gasteiger partial charge in [0, 0.05) is 42.7 Å². The number of aromatic nitrogens is 2. The first-order valence-corrected chi connectivity index (χ1v) is 10.9. The molecule has 2 atom stereocenters. The molecule has 1 amide bonds. The van der Waals surface area contributed by atoms with Crippen LogP contribution in [0.5, 0.6) is 0 Å². The standard InChI is InChI=1S/C22H27N3O4S/c1-2-11-29-22(28)25-16-20(30-21(27)18-7-4-3-5-8-18)13-19(25)12-17-14-23-24(15-17)9-6-10-26/h2-5,7-8,14-15,19-20,26H,1,6,9-13,16H2/t19-,20+/m1/s1. The average Bonchev–Trinajstić information content (AvgIpc) is 3.38. The molecule has 1 N–H and O–H groups in total. The van der Waals surface area contributed by atoms with Crippen LogP contribution in [0.3, 0.4) is 0 Å². The van der Waals surface area contributed by atoms with Gasteiger partial charge in [0.2, 0.25) is 5.12 Å². The van der Waals surface area contributed by atoms with Gasteiger partial charge >= 0.3 is 6.09 Å². The lowest BCUT2D eigenvalue weighted by atomic mass is 10.1. The van der Waals surface area contributed by atoms with E-state index in [-0.39, 0.29) is 35.7 Å². The molecule has 2 heterocycles. The highest BCUT2D eigenvalue weighted by Crippen LogP contribution is 2.32. The third kappa shape index (κ3) is 5.96. The lowest BCUT2D eigenvalue weighted by Crippen LogP contribution is -2.37. The number of aliphatic hydroxyl groups is 1. The zero-order chi connectivity index (χ0) is 21.3. The maximum atomic E-state index is 12.6. The van der Waals surface area contributed by atoms with E-state index in [1.165, 1.54) is 11.8 Å². The number of carbonyl (C=O) groups excluding carboxylic acids is 2. The maximum absolute atomic E-state index is 12.6. The van der Waals surface area contributed by atoms with Crippen LogP contribution >= 0.6 is 11.8 Å². The van der Waals surface area contributed by atoms with E-state index in [2.05, 4.69) is 11.7 Å². The zero-order valence-corrected chi connectivity index (χ0v) is 17.7. The number of thioether (sulfide) groups is 1. The molecule has 30 heavy (non-hydrogen) atoms. The van der Waals surface area contributed by atoms with Crippen LogP contribution in [0.2, 0.25) is 0 Å². The molecule has 0 unspecified atom stereocenters. The second-order valence-corrected chi connectivity index (χ2v) is 8.47. The highest BCUT2D eigenvalue weighted by atomic mass is 32.2. The fraction of sp³-hybridized carbons (Fsp3) is 0.409. The van der Waals surface area contributed by atoms with Crippen molar-refractivity contribution in [3.63, 3.8) is 0 Å². The number of nitrogens with zero attached hydrogens (tertiary/aromatic N) is 3. The van der Waals surface area contributed by atoms with Gasteiger partial charge in [0.05, 0.1) is 6.20 Å². The molecule has 1 aliphatic rings. The van der Waals surface area contributed by atoms with Crippen molar-refractivity contribution in [3.05, 3.63) is 66.5 Å². The molecule has 8 heteroatoms. The molecule has 0 radical (unpaired) electrons. The molecule has 1 aromatic carbocycles. The molecule has 0 bridgehead atoms. The van der Waals surface area contributed by atoms with Gasteiger partial charge in [-0.05, 0) is 24.8 Å². The Hall–Kier alpha value is -2.58. The van der Waals surface area contributed by atoms with E-state index in [0.717, 1.165) is 5.56 Å². The maximum Gasteiger partial charge on any atom is 0.410 e. The number of amides is 1. The molecule has 0 aliphatic carbocycles. The summed E-state index contributed by atoms with van der Waals surface area (Å²) < 4.78 is 7.06. The van der Waals surface area contributed by atoms with Crippen molar-refractivity contribution in [2.24, 2.45) is 0 Å². The summed E-state index contributed by atoms with van der Waals surface area (Å²) >= 11 is 1.28. The lowest BCUT2D eigenvalue weighted by Gasteiger charge is -2.23. The van der Waals surface area contributed by atoms with Crippen LogP contribution in [-0.2, 0) is 17.7 Å². The fourth-order valence-electron chi connectivity index (χ4n) is 3.52. The molecule has 1 saturated heterocycles.